The smallest absolute Gasteiger partial charge is 0.241 e. The van der Waals surface area contributed by atoms with Crippen LogP contribution in [0.25, 0.3) is 0 Å². The summed E-state index contributed by atoms with van der Waals surface area (Å²) in [6.07, 6.45) is 1.38. The van der Waals surface area contributed by atoms with Crippen molar-refractivity contribution < 1.29 is 26.7 Å². The zero-order chi connectivity index (χ0) is 23.3. The highest BCUT2D eigenvalue weighted by molar-refractivity contribution is 7.91. The fourth-order valence-electron chi connectivity index (χ4n) is 3.09. The van der Waals surface area contributed by atoms with Crippen LogP contribution >= 0.6 is 0 Å². The standard InChI is InChI=1S/C19H26F3N5O3S/c1-10(2)7-12(9-28)23-18-24-15(25-19(26-18)27-31(4,29)30)8-11(3)16-13(20)5-6-14(21)17(16)22/h5-6,10-12,28H,7-9H2,1-4H3,(H2,23,24,25,26,27)/t11-,12+/m0/s1. The molecule has 0 fully saturated rings. The maximum absolute atomic E-state index is 14.1. The molecule has 3 N–H and O–H groups in total. The monoisotopic (exact) mass is 461 g/mol. The van der Waals surface area contributed by atoms with E-state index in [-0.39, 0.29) is 36.7 Å². The molecule has 172 valence electrons. The number of aliphatic hydroxyl groups is 1. The summed E-state index contributed by atoms with van der Waals surface area (Å²) >= 11 is 0. The molecule has 1 aromatic carbocycles. The van der Waals surface area contributed by atoms with Gasteiger partial charge in [0.15, 0.2) is 11.6 Å². The fraction of sp³-hybridized carbons (Fsp3) is 0.526. The molecule has 2 rings (SSSR count). The number of anilines is 2. The van der Waals surface area contributed by atoms with Crippen molar-refractivity contribution in [2.45, 2.75) is 45.6 Å². The van der Waals surface area contributed by atoms with Crippen LogP contribution in [0.5, 0.6) is 0 Å². The lowest BCUT2D eigenvalue weighted by Crippen LogP contribution is -2.27. The first kappa shape index (κ1) is 24.8. The van der Waals surface area contributed by atoms with Crippen molar-refractivity contribution in [2.24, 2.45) is 5.92 Å². The number of nitrogens with one attached hydrogen (secondary N) is 2. The topological polar surface area (TPSA) is 117 Å². The summed E-state index contributed by atoms with van der Waals surface area (Å²) in [7, 11) is -3.71. The Kier molecular flexibility index (Phi) is 8.18. The van der Waals surface area contributed by atoms with Gasteiger partial charge in [0.25, 0.3) is 0 Å². The minimum absolute atomic E-state index is 0.0109. The van der Waals surface area contributed by atoms with Gasteiger partial charge in [-0.2, -0.15) is 15.0 Å². The maximum Gasteiger partial charge on any atom is 0.241 e. The number of halogens is 3. The molecule has 8 nitrogen and oxygen atoms in total. The lowest BCUT2D eigenvalue weighted by Gasteiger charge is -2.19. The summed E-state index contributed by atoms with van der Waals surface area (Å²) in [6, 6.07) is 1.12. The van der Waals surface area contributed by atoms with Gasteiger partial charge < -0.3 is 10.4 Å². The Labute approximate surface area is 179 Å². The van der Waals surface area contributed by atoms with Crippen molar-refractivity contribution in [3.63, 3.8) is 0 Å². The summed E-state index contributed by atoms with van der Waals surface area (Å²) in [5.41, 5.74) is -0.458. The van der Waals surface area contributed by atoms with Gasteiger partial charge in [-0.05, 0) is 30.4 Å². The summed E-state index contributed by atoms with van der Waals surface area (Å²) in [5.74, 6) is -4.27. The highest BCUT2D eigenvalue weighted by atomic mass is 32.2. The first-order chi connectivity index (χ1) is 14.4. The van der Waals surface area contributed by atoms with E-state index < -0.39 is 45.0 Å². The Morgan fingerprint density at radius 2 is 1.65 bits per heavy atom. The molecule has 0 unspecified atom stereocenters. The number of hydrogen-bond donors (Lipinski definition) is 3. The number of nitrogens with zero attached hydrogens (tertiary/aromatic N) is 3. The van der Waals surface area contributed by atoms with Crippen molar-refractivity contribution in [1.29, 1.82) is 0 Å². The molecule has 0 bridgehead atoms. The number of sulfonamides is 1. The minimum Gasteiger partial charge on any atom is -0.394 e. The number of aromatic nitrogens is 3. The van der Waals surface area contributed by atoms with E-state index in [0.29, 0.717) is 12.5 Å². The van der Waals surface area contributed by atoms with Crippen LogP contribution in [0.4, 0.5) is 25.1 Å². The van der Waals surface area contributed by atoms with Crippen molar-refractivity contribution >= 4 is 21.9 Å². The van der Waals surface area contributed by atoms with E-state index >= 15 is 0 Å². The van der Waals surface area contributed by atoms with E-state index in [4.69, 9.17) is 0 Å². The van der Waals surface area contributed by atoms with Crippen LogP contribution in [0.3, 0.4) is 0 Å². The van der Waals surface area contributed by atoms with Gasteiger partial charge in [0.05, 0.1) is 18.9 Å². The third kappa shape index (κ3) is 7.31. The molecule has 0 amide bonds. The molecular weight excluding hydrogens is 435 g/mol. The number of rotatable bonds is 10. The second kappa shape index (κ2) is 10.2. The second-order valence-corrected chi connectivity index (χ2v) is 9.54. The highest BCUT2D eigenvalue weighted by Gasteiger charge is 2.22. The zero-order valence-electron chi connectivity index (χ0n) is 17.7. The third-order valence-corrected chi connectivity index (χ3v) is 4.88. The average Bonchev–Trinajstić information content (AvgIpc) is 2.62. The third-order valence-electron chi connectivity index (χ3n) is 4.33. The van der Waals surface area contributed by atoms with Gasteiger partial charge in [-0.3, -0.25) is 4.72 Å². The van der Waals surface area contributed by atoms with Crippen molar-refractivity contribution in [2.75, 3.05) is 22.9 Å². The van der Waals surface area contributed by atoms with Crippen molar-refractivity contribution in [3.8, 4) is 0 Å². The fourth-order valence-corrected chi connectivity index (χ4v) is 3.51. The number of benzene rings is 1. The Morgan fingerprint density at radius 1 is 1.03 bits per heavy atom. The van der Waals surface area contributed by atoms with Gasteiger partial charge in [-0.15, -0.1) is 0 Å². The van der Waals surface area contributed by atoms with Crippen LogP contribution in [0.15, 0.2) is 12.1 Å². The predicted octanol–water partition coefficient (Wildman–Crippen LogP) is 2.83. The molecule has 0 radical (unpaired) electrons. The van der Waals surface area contributed by atoms with Gasteiger partial charge in [0.1, 0.15) is 11.6 Å². The van der Waals surface area contributed by atoms with E-state index in [9.17, 15) is 26.7 Å². The molecule has 0 spiro atoms. The first-order valence-electron chi connectivity index (χ1n) is 9.63. The molecule has 1 heterocycles. The molecule has 0 saturated carbocycles. The number of hydrogen-bond acceptors (Lipinski definition) is 7. The molecular formula is C19H26F3N5O3S. The van der Waals surface area contributed by atoms with Gasteiger partial charge in [-0.25, -0.2) is 21.6 Å². The molecule has 1 aromatic heterocycles. The lowest BCUT2D eigenvalue weighted by molar-refractivity contribution is 0.259. The predicted molar refractivity (Wildman–Crippen MR) is 111 cm³/mol. The summed E-state index contributed by atoms with van der Waals surface area (Å²) in [6.45, 7) is 5.17. The van der Waals surface area contributed by atoms with E-state index in [1.165, 1.54) is 6.92 Å². The molecule has 0 aliphatic rings. The SMILES string of the molecule is CC(C)C[C@H](CO)Nc1nc(C[C@H](C)c2c(F)ccc(F)c2F)nc(NS(C)(=O)=O)n1. The number of aliphatic hydroxyl groups excluding tert-OH is 1. The van der Waals surface area contributed by atoms with Crippen LogP contribution in [-0.4, -0.2) is 47.4 Å². The van der Waals surface area contributed by atoms with Gasteiger partial charge in [-0.1, -0.05) is 20.8 Å². The normalized spacial score (nSPS) is 13.8. The molecule has 31 heavy (non-hydrogen) atoms. The van der Waals surface area contributed by atoms with Crippen LogP contribution in [0.1, 0.15) is 44.5 Å². The minimum atomic E-state index is -3.71. The molecule has 0 aliphatic carbocycles. The molecule has 2 aromatic rings. The second-order valence-electron chi connectivity index (χ2n) is 7.79. The van der Waals surface area contributed by atoms with Crippen LogP contribution < -0.4 is 10.0 Å². The Hall–Kier alpha value is -2.47. The van der Waals surface area contributed by atoms with Crippen LogP contribution in [0, 0.1) is 23.4 Å². The zero-order valence-corrected chi connectivity index (χ0v) is 18.5. The lowest BCUT2D eigenvalue weighted by atomic mass is 9.96. The van der Waals surface area contributed by atoms with E-state index in [1.807, 2.05) is 13.8 Å². The Bertz CT molecular complexity index is 1020. The first-order valence-corrected chi connectivity index (χ1v) is 11.5. The Balaban J connectivity index is 2.39. The van der Waals surface area contributed by atoms with E-state index in [0.717, 1.165) is 12.3 Å². The highest BCUT2D eigenvalue weighted by Crippen LogP contribution is 2.27. The summed E-state index contributed by atoms with van der Waals surface area (Å²) in [4.78, 5) is 12.2. The molecule has 2 atom stereocenters. The summed E-state index contributed by atoms with van der Waals surface area (Å²) in [5, 5.41) is 12.5. The molecule has 12 heteroatoms. The molecule has 0 aliphatic heterocycles. The van der Waals surface area contributed by atoms with Crippen LogP contribution in [-0.2, 0) is 16.4 Å². The molecule has 0 saturated heterocycles. The van der Waals surface area contributed by atoms with Gasteiger partial charge >= 0.3 is 0 Å². The maximum atomic E-state index is 14.1. The Morgan fingerprint density at radius 3 is 2.23 bits per heavy atom. The van der Waals surface area contributed by atoms with Gasteiger partial charge in [0.2, 0.25) is 21.9 Å². The van der Waals surface area contributed by atoms with Crippen LogP contribution in [0.2, 0.25) is 0 Å². The van der Waals surface area contributed by atoms with Crippen molar-refractivity contribution in [1.82, 2.24) is 15.0 Å². The van der Waals surface area contributed by atoms with E-state index in [1.54, 1.807) is 0 Å². The van der Waals surface area contributed by atoms with Crippen molar-refractivity contribution in [3.05, 3.63) is 41.0 Å². The summed E-state index contributed by atoms with van der Waals surface area (Å²) < 4.78 is 67.2. The van der Waals surface area contributed by atoms with E-state index in [2.05, 4.69) is 25.0 Å². The van der Waals surface area contributed by atoms with Gasteiger partial charge in [0, 0.05) is 12.0 Å². The quantitative estimate of drug-likeness (QED) is 0.466. The average molecular weight is 462 g/mol. The largest absolute Gasteiger partial charge is 0.394 e.